The van der Waals surface area contributed by atoms with Crippen LogP contribution in [-0.2, 0) is 11.3 Å². The lowest BCUT2D eigenvalue weighted by atomic mass is 10.3. The van der Waals surface area contributed by atoms with Gasteiger partial charge in [-0.2, -0.15) is 9.67 Å². The fourth-order valence-corrected chi connectivity index (χ4v) is 1.65. The van der Waals surface area contributed by atoms with Crippen LogP contribution in [0.25, 0.3) is 0 Å². The van der Waals surface area contributed by atoms with E-state index < -0.39 is 5.82 Å². The molecule has 0 aromatic carbocycles. The summed E-state index contributed by atoms with van der Waals surface area (Å²) in [6.45, 7) is 0.113. The number of aromatic nitrogens is 2. The summed E-state index contributed by atoms with van der Waals surface area (Å²) in [5, 5.41) is 3.64. The maximum atomic E-state index is 13.4. The Morgan fingerprint density at radius 1 is 1.43 bits per heavy atom. The van der Waals surface area contributed by atoms with E-state index >= 15 is 0 Å². The van der Waals surface area contributed by atoms with Crippen molar-refractivity contribution in [3.63, 3.8) is 0 Å². The van der Waals surface area contributed by atoms with Gasteiger partial charge in [0.15, 0.2) is 12.4 Å². The quantitative estimate of drug-likeness (QED) is 0.315. The van der Waals surface area contributed by atoms with E-state index in [1.807, 2.05) is 6.07 Å². The second-order valence-corrected chi connectivity index (χ2v) is 4.20. The standard InChI is InChI=1S/C13H10ClFN4O.ClH/c14-13-10(11(15)4-5-16-13)8-17-18-12(20)9-19-6-2-1-3-7-19;/h1-8H,9H2;1H/b17-8+;. The molecule has 2 rings (SSSR count). The largest absolute Gasteiger partial charge is 1.00 e. The Kier molecular flexibility index (Phi) is 6.71. The average Bonchev–Trinajstić information content (AvgIpc) is 2.43. The first-order chi connectivity index (χ1) is 9.66. The summed E-state index contributed by atoms with van der Waals surface area (Å²) in [6, 6.07) is 6.62. The first-order valence-electron chi connectivity index (χ1n) is 5.73. The van der Waals surface area contributed by atoms with Gasteiger partial charge in [0.25, 0.3) is 0 Å². The van der Waals surface area contributed by atoms with Crippen molar-refractivity contribution in [3.05, 3.63) is 59.4 Å². The van der Waals surface area contributed by atoms with Crippen molar-refractivity contribution in [2.45, 2.75) is 6.54 Å². The van der Waals surface area contributed by atoms with Gasteiger partial charge < -0.3 is 12.4 Å². The summed E-state index contributed by atoms with van der Waals surface area (Å²) in [6.07, 6.45) is 5.87. The molecule has 0 radical (unpaired) electrons. The zero-order chi connectivity index (χ0) is 14.4. The van der Waals surface area contributed by atoms with E-state index in [4.69, 9.17) is 11.6 Å². The molecule has 1 N–H and O–H groups in total. The smallest absolute Gasteiger partial charge is 0.305 e. The second-order valence-electron chi connectivity index (χ2n) is 3.84. The normalized spacial score (nSPS) is 10.2. The highest BCUT2D eigenvalue weighted by Gasteiger charge is 2.08. The van der Waals surface area contributed by atoms with Crippen LogP contribution in [0.15, 0.2) is 48.0 Å². The zero-order valence-electron chi connectivity index (χ0n) is 10.7. The number of nitrogens with one attached hydrogen (secondary N) is 1. The van der Waals surface area contributed by atoms with E-state index in [-0.39, 0.29) is 35.6 Å². The second kappa shape index (κ2) is 8.28. The average molecular weight is 329 g/mol. The monoisotopic (exact) mass is 328 g/mol. The van der Waals surface area contributed by atoms with Crippen molar-refractivity contribution in [1.29, 1.82) is 0 Å². The Morgan fingerprint density at radius 2 is 2.14 bits per heavy atom. The van der Waals surface area contributed by atoms with Gasteiger partial charge in [0.1, 0.15) is 11.0 Å². The lowest BCUT2D eigenvalue weighted by molar-refractivity contribution is -0.684. The minimum Gasteiger partial charge on any atom is -1.00 e. The summed E-state index contributed by atoms with van der Waals surface area (Å²) < 4.78 is 15.1. The van der Waals surface area contributed by atoms with Crippen LogP contribution in [0, 0.1) is 5.82 Å². The maximum absolute atomic E-state index is 13.4. The topological polar surface area (TPSA) is 58.2 Å². The Bertz CT molecular complexity index is 617. The molecule has 2 aromatic heterocycles. The number of hydrazone groups is 1. The Morgan fingerprint density at radius 3 is 2.81 bits per heavy atom. The minimum atomic E-state index is -0.555. The lowest BCUT2D eigenvalue weighted by Gasteiger charge is -1.99. The predicted octanol–water partition coefficient (Wildman–Crippen LogP) is -1.68. The van der Waals surface area contributed by atoms with Gasteiger partial charge in [0.2, 0.25) is 6.54 Å². The van der Waals surface area contributed by atoms with Crippen LogP contribution < -0.4 is 22.4 Å². The molecule has 2 heterocycles. The lowest BCUT2D eigenvalue weighted by Crippen LogP contribution is -3.00. The molecule has 8 heteroatoms. The van der Waals surface area contributed by atoms with Gasteiger partial charge in [-0.15, -0.1) is 0 Å². The number of halogens is 3. The van der Waals surface area contributed by atoms with Crippen molar-refractivity contribution in [1.82, 2.24) is 10.4 Å². The van der Waals surface area contributed by atoms with Gasteiger partial charge in [0, 0.05) is 18.3 Å². The van der Waals surface area contributed by atoms with Crippen LogP contribution in [0.3, 0.4) is 0 Å². The molecule has 0 bridgehead atoms. The van der Waals surface area contributed by atoms with Crippen LogP contribution in [0.1, 0.15) is 5.56 Å². The van der Waals surface area contributed by atoms with E-state index in [0.717, 1.165) is 12.3 Å². The highest BCUT2D eigenvalue weighted by molar-refractivity contribution is 6.31. The van der Waals surface area contributed by atoms with Gasteiger partial charge in [-0.1, -0.05) is 17.7 Å². The SMILES string of the molecule is O=C(C[n+]1ccccc1)N/N=C/c1c(F)ccnc1Cl.[Cl-]. The van der Waals surface area contributed by atoms with Gasteiger partial charge in [-0.3, -0.25) is 4.79 Å². The molecular weight excluding hydrogens is 318 g/mol. The van der Waals surface area contributed by atoms with Gasteiger partial charge in [-0.05, 0) is 6.07 Å². The highest BCUT2D eigenvalue weighted by atomic mass is 35.5. The molecule has 0 aliphatic carbocycles. The van der Waals surface area contributed by atoms with Crippen LogP contribution in [0.2, 0.25) is 5.15 Å². The number of nitrogens with zero attached hydrogens (tertiary/aromatic N) is 3. The van der Waals surface area contributed by atoms with Crippen LogP contribution in [-0.4, -0.2) is 17.1 Å². The summed E-state index contributed by atoms with van der Waals surface area (Å²) in [7, 11) is 0. The fourth-order valence-electron chi connectivity index (χ4n) is 1.45. The van der Waals surface area contributed by atoms with E-state index in [2.05, 4.69) is 15.5 Å². The number of hydrogen-bond acceptors (Lipinski definition) is 3. The maximum Gasteiger partial charge on any atom is 0.305 e. The summed E-state index contributed by atoms with van der Waals surface area (Å²) in [5.41, 5.74) is 2.32. The number of pyridine rings is 2. The van der Waals surface area contributed by atoms with Gasteiger partial charge in [-0.25, -0.2) is 14.8 Å². The van der Waals surface area contributed by atoms with Crippen molar-refractivity contribution in [3.8, 4) is 0 Å². The molecule has 0 unspecified atom stereocenters. The van der Waals surface area contributed by atoms with Crippen LogP contribution in [0.5, 0.6) is 0 Å². The molecule has 110 valence electrons. The molecule has 0 fully saturated rings. The molecule has 0 aliphatic rings. The van der Waals surface area contributed by atoms with E-state index in [1.54, 1.807) is 29.1 Å². The van der Waals surface area contributed by atoms with E-state index in [0.29, 0.717) is 0 Å². The first kappa shape index (κ1) is 17.0. The first-order valence-corrected chi connectivity index (χ1v) is 6.10. The third-order valence-corrected chi connectivity index (χ3v) is 2.68. The molecule has 2 aromatic rings. The summed E-state index contributed by atoms with van der Waals surface area (Å²) in [4.78, 5) is 15.3. The molecule has 21 heavy (non-hydrogen) atoms. The van der Waals surface area contributed by atoms with Crippen molar-refractivity contribution >= 4 is 23.7 Å². The molecular formula is C13H11Cl2FN4O. The number of amides is 1. The van der Waals surface area contributed by atoms with Gasteiger partial charge >= 0.3 is 5.91 Å². The van der Waals surface area contributed by atoms with Crippen molar-refractivity contribution < 1.29 is 26.2 Å². The van der Waals surface area contributed by atoms with Crippen molar-refractivity contribution in [2.24, 2.45) is 5.10 Å². The number of carbonyl (C=O) groups is 1. The molecule has 0 atom stereocenters. The minimum absolute atomic E-state index is 0. The third kappa shape index (κ3) is 5.09. The Labute approximate surface area is 131 Å². The molecule has 5 nitrogen and oxygen atoms in total. The fraction of sp³-hybridized carbons (Fsp3) is 0.0769. The van der Waals surface area contributed by atoms with Crippen LogP contribution in [0.4, 0.5) is 4.39 Å². The molecule has 0 spiro atoms. The molecule has 0 aliphatic heterocycles. The number of hydrogen-bond donors (Lipinski definition) is 1. The van der Waals surface area contributed by atoms with E-state index in [1.165, 1.54) is 6.20 Å². The number of carbonyl (C=O) groups excluding carboxylic acids is 1. The third-order valence-electron chi connectivity index (χ3n) is 2.37. The van der Waals surface area contributed by atoms with Crippen LogP contribution >= 0.6 is 11.6 Å². The van der Waals surface area contributed by atoms with Gasteiger partial charge in [0.05, 0.1) is 11.8 Å². The Hall–Kier alpha value is -2.05. The zero-order valence-corrected chi connectivity index (χ0v) is 12.2. The summed E-state index contributed by atoms with van der Waals surface area (Å²) >= 11 is 5.72. The highest BCUT2D eigenvalue weighted by Crippen LogP contribution is 2.13. The molecule has 1 amide bonds. The predicted molar refractivity (Wildman–Crippen MR) is 71.6 cm³/mol. The van der Waals surface area contributed by atoms with Crippen molar-refractivity contribution in [2.75, 3.05) is 0 Å². The molecule has 0 saturated heterocycles. The molecule has 0 saturated carbocycles. The summed E-state index contributed by atoms with van der Waals surface area (Å²) in [5.74, 6) is -0.890. The Balaban J connectivity index is 0.00000220. The number of rotatable bonds is 4. The van der Waals surface area contributed by atoms with E-state index in [9.17, 15) is 9.18 Å².